The van der Waals surface area contributed by atoms with Crippen LogP contribution < -0.4 is 5.32 Å². The molecule has 1 aromatic carbocycles. The number of hydrogen-bond acceptors (Lipinski definition) is 3. The van der Waals surface area contributed by atoms with Crippen LogP contribution in [0.1, 0.15) is 24.8 Å². The van der Waals surface area contributed by atoms with Gasteiger partial charge in [0.05, 0.1) is 0 Å². The Kier molecular flexibility index (Phi) is 4.68. The summed E-state index contributed by atoms with van der Waals surface area (Å²) >= 11 is 1.55. The first-order valence-electron chi connectivity index (χ1n) is 7.44. The Morgan fingerprint density at radius 2 is 2.19 bits per heavy atom. The van der Waals surface area contributed by atoms with Crippen LogP contribution in [0.25, 0.3) is 10.4 Å². The quantitative estimate of drug-likeness (QED) is 0.880. The summed E-state index contributed by atoms with van der Waals surface area (Å²) < 4.78 is 13.9. The summed E-state index contributed by atoms with van der Waals surface area (Å²) in [5.74, 6) is 0.192. The second-order valence-corrected chi connectivity index (χ2v) is 6.60. The highest BCUT2D eigenvalue weighted by Gasteiger charge is 2.25. The molecule has 1 aliphatic rings. The summed E-state index contributed by atoms with van der Waals surface area (Å²) in [6.45, 7) is 0.974. The summed E-state index contributed by atoms with van der Waals surface area (Å²) in [5.41, 5.74) is 1.76. The third kappa shape index (κ3) is 3.34. The third-order valence-corrected chi connectivity index (χ3v) is 5.18. The van der Waals surface area contributed by atoms with Gasteiger partial charge in [-0.15, -0.1) is 11.3 Å². The topological polar surface area (TPSA) is 32.3 Å². The lowest BCUT2D eigenvalue weighted by molar-refractivity contribution is 0.205. The van der Waals surface area contributed by atoms with E-state index in [4.69, 9.17) is 0 Å². The minimum absolute atomic E-state index is 0.171. The summed E-state index contributed by atoms with van der Waals surface area (Å²) in [5, 5.41) is 14.8. The monoisotopic (exact) mass is 305 g/mol. The number of aliphatic hydroxyl groups is 1. The molecule has 1 aliphatic carbocycles. The van der Waals surface area contributed by atoms with Crippen LogP contribution in [0.3, 0.4) is 0 Å². The lowest BCUT2D eigenvalue weighted by Crippen LogP contribution is -2.33. The van der Waals surface area contributed by atoms with E-state index < -0.39 is 0 Å². The number of hydrogen-bond donors (Lipinski definition) is 2. The van der Waals surface area contributed by atoms with Gasteiger partial charge in [0.15, 0.2) is 0 Å². The molecule has 0 spiro atoms. The number of aliphatic hydroxyl groups excluding tert-OH is 1. The maximum absolute atomic E-state index is 13.9. The van der Waals surface area contributed by atoms with Crippen molar-refractivity contribution in [3.8, 4) is 10.4 Å². The number of rotatable bonds is 5. The van der Waals surface area contributed by atoms with E-state index in [0.717, 1.165) is 29.8 Å². The Balaban J connectivity index is 1.70. The average molecular weight is 305 g/mol. The first kappa shape index (κ1) is 14.7. The second kappa shape index (κ2) is 6.69. The van der Waals surface area contributed by atoms with Crippen LogP contribution >= 0.6 is 11.3 Å². The number of nitrogens with one attached hydrogen (secondary N) is 1. The van der Waals surface area contributed by atoms with Crippen LogP contribution in [-0.2, 0) is 6.54 Å². The van der Waals surface area contributed by atoms with Crippen molar-refractivity contribution in [2.45, 2.75) is 31.8 Å². The molecule has 1 aromatic heterocycles. The van der Waals surface area contributed by atoms with E-state index in [9.17, 15) is 9.50 Å². The van der Waals surface area contributed by atoms with Gasteiger partial charge in [0.25, 0.3) is 0 Å². The normalized spacial score (nSPS) is 21.8. The Morgan fingerprint density at radius 3 is 2.95 bits per heavy atom. The molecular weight excluding hydrogens is 285 g/mol. The van der Waals surface area contributed by atoms with Crippen LogP contribution in [0.4, 0.5) is 4.39 Å². The molecule has 21 heavy (non-hydrogen) atoms. The first-order chi connectivity index (χ1) is 10.3. The standard InChI is InChI=1S/C17H20FNOS/c18-15-7-6-12(9-14(15)17-5-2-8-21-17)10-19-16-4-1-3-13(16)11-20/h2,5-9,13,16,19-20H,1,3-4,10-11H2. The fourth-order valence-electron chi connectivity index (χ4n) is 3.08. The van der Waals surface area contributed by atoms with Crippen LogP contribution in [0, 0.1) is 11.7 Å². The molecule has 4 heteroatoms. The minimum atomic E-state index is -0.171. The van der Waals surface area contributed by atoms with Crippen molar-refractivity contribution in [3.63, 3.8) is 0 Å². The number of halogens is 1. The van der Waals surface area contributed by atoms with Crippen molar-refractivity contribution >= 4 is 11.3 Å². The second-order valence-electron chi connectivity index (χ2n) is 5.65. The average Bonchev–Trinajstić information content (AvgIpc) is 3.17. The lowest BCUT2D eigenvalue weighted by Gasteiger charge is -2.19. The van der Waals surface area contributed by atoms with E-state index in [1.165, 1.54) is 6.42 Å². The predicted octanol–water partition coefficient (Wildman–Crippen LogP) is 3.80. The smallest absolute Gasteiger partial charge is 0.131 e. The van der Waals surface area contributed by atoms with Crippen molar-refractivity contribution in [1.29, 1.82) is 0 Å². The Labute approximate surface area is 128 Å². The molecule has 2 unspecified atom stereocenters. The molecule has 2 nitrogen and oxygen atoms in total. The van der Waals surface area contributed by atoms with Gasteiger partial charge in [0, 0.05) is 29.6 Å². The fraction of sp³-hybridized carbons (Fsp3) is 0.412. The Hall–Kier alpha value is -1.23. The van der Waals surface area contributed by atoms with Gasteiger partial charge in [0.1, 0.15) is 5.82 Å². The zero-order valence-electron chi connectivity index (χ0n) is 11.9. The van der Waals surface area contributed by atoms with Crippen LogP contribution in [0.2, 0.25) is 0 Å². The van der Waals surface area contributed by atoms with Gasteiger partial charge in [-0.3, -0.25) is 0 Å². The molecule has 1 saturated carbocycles. The van der Waals surface area contributed by atoms with Crippen LogP contribution in [-0.4, -0.2) is 17.8 Å². The number of benzene rings is 1. The molecule has 2 atom stereocenters. The van der Waals surface area contributed by atoms with Gasteiger partial charge in [-0.1, -0.05) is 18.6 Å². The van der Waals surface area contributed by atoms with Crippen molar-refractivity contribution in [1.82, 2.24) is 5.32 Å². The lowest BCUT2D eigenvalue weighted by atomic mass is 10.0. The van der Waals surface area contributed by atoms with E-state index in [0.29, 0.717) is 17.5 Å². The highest BCUT2D eigenvalue weighted by atomic mass is 32.1. The number of thiophene rings is 1. The van der Waals surface area contributed by atoms with Gasteiger partial charge in [-0.2, -0.15) is 0 Å². The zero-order chi connectivity index (χ0) is 14.7. The Morgan fingerprint density at radius 1 is 1.29 bits per heavy atom. The van der Waals surface area contributed by atoms with Gasteiger partial charge in [-0.05, 0) is 47.9 Å². The van der Waals surface area contributed by atoms with Crippen molar-refractivity contribution in [3.05, 3.63) is 47.1 Å². The fourth-order valence-corrected chi connectivity index (χ4v) is 3.82. The minimum Gasteiger partial charge on any atom is -0.396 e. The third-order valence-electron chi connectivity index (χ3n) is 4.28. The zero-order valence-corrected chi connectivity index (χ0v) is 12.7. The Bertz CT molecular complexity index is 584. The summed E-state index contributed by atoms with van der Waals surface area (Å²) in [6, 6.07) is 9.57. The molecule has 0 amide bonds. The summed E-state index contributed by atoms with van der Waals surface area (Å²) in [7, 11) is 0. The molecule has 0 radical (unpaired) electrons. The highest BCUT2D eigenvalue weighted by molar-refractivity contribution is 7.13. The SMILES string of the molecule is OCC1CCCC1NCc1ccc(F)c(-c2cccs2)c1. The van der Waals surface area contributed by atoms with E-state index >= 15 is 0 Å². The van der Waals surface area contributed by atoms with Crippen molar-refractivity contribution in [2.24, 2.45) is 5.92 Å². The molecular formula is C17H20FNOS. The van der Waals surface area contributed by atoms with Gasteiger partial charge < -0.3 is 10.4 Å². The first-order valence-corrected chi connectivity index (χ1v) is 8.32. The van der Waals surface area contributed by atoms with Crippen molar-refractivity contribution in [2.75, 3.05) is 6.61 Å². The molecule has 1 heterocycles. The summed E-state index contributed by atoms with van der Waals surface area (Å²) in [4.78, 5) is 0.962. The summed E-state index contributed by atoms with van der Waals surface area (Å²) in [6.07, 6.45) is 3.38. The predicted molar refractivity (Wildman–Crippen MR) is 84.8 cm³/mol. The van der Waals surface area contributed by atoms with E-state index in [1.807, 2.05) is 29.6 Å². The van der Waals surface area contributed by atoms with Gasteiger partial charge in [0.2, 0.25) is 0 Å². The largest absolute Gasteiger partial charge is 0.396 e. The molecule has 112 valence electrons. The maximum atomic E-state index is 13.9. The van der Waals surface area contributed by atoms with E-state index in [1.54, 1.807) is 17.4 Å². The maximum Gasteiger partial charge on any atom is 0.131 e. The molecule has 0 bridgehead atoms. The molecule has 0 aliphatic heterocycles. The molecule has 0 saturated heterocycles. The van der Waals surface area contributed by atoms with Crippen LogP contribution in [0.15, 0.2) is 35.7 Å². The molecule has 1 fully saturated rings. The van der Waals surface area contributed by atoms with Crippen LogP contribution in [0.5, 0.6) is 0 Å². The van der Waals surface area contributed by atoms with E-state index in [2.05, 4.69) is 5.32 Å². The molecule has 2 aromatic rings. The van der Waals surface area contributed by atoms with Gasteiger partial charge >= 0.3 is 0 Å². The molecule has 3 rings (SSSR count). The van der Waals surface area contributed by atoms with E-state index in [-0.39, 0.29) is 12.4 Å². The highest BCUT2D eigenvalue weighted by Crippen LogP contribution is 2.29. The molecule has 2 N–H and O–H groups in total. The van der Waals surface area contributed by atoms with Gasteiger partial charge in [-0.25, -0.2) is 4.39 Å². The van der Waals surface area contributed by atoms with Crippen molar-refractivity contribution < 1.29 is 9.50 Å².